The van der Waals surface area contributed by atoms with Crippen LogP contribution in [0.2, 0.25) is 0 Å². The Bertz CT molecular complexity index is 1040. The van der Waals surface area contributed by atoms with Gasteiger partial charge in [-0.3, -0.25) is 14.7 Å². The molecule has 2 aromatic rings. The van der Waals surface area contributed by atoms with Crippen molar-refractivity contribution in [3.8, 4) is 5.75 Å². The third-order valence-electron chi connectivity index (χ3n) is 6.08. The Morgan fingerprint density at radius 3 is 2.50 bits per heavy atom. The summed E-state index contributed by atoms with van der Waals surface area (Å²) in [4.78, 5) is 39.4. The zero-order valence-corrected chi connectivity index (χ0v) is 20.5. The number of piperazine rings is 1. The Morgan fingerprint density at radius 2 is 1.91 bits per heavy atom. The summed E-state index contributed by atoms with van der Waals surface area (Å²) in [5.74, 6) is 0.707. The van der Waals surface area contributed by atoms with E-state index in [1.54, 1.807) is 17.0 Å². The highest BCUT2D eigenvalue weighted by atomic mass is 32.1. The number of anilines is 1. The van der Waals surface area contributed by atoms with Crippen molar-refractivity contribution in [1.82, 2.24) is 25.1 Å². The van der Waals surface area contributed by atoms with Gasteiger partial charge < -0.3 is 15.0 Å². The van der Waals surface area contributed by atoms with Crippen LogP contribution in [0.4, 0.5) is 10.6 Å². The van der Waals surface area contributed by atoms with Crippen molar-refractivity contribution in [2.75, 3.05) is 37.6 Å². The molecule has 1 atom stereocenters. The van der Waals surface area contributed by atoms with Crippen molar-refractivity contribution in [3.63, 3.8) is 0 Å². The lowest BCUT2D eigenvalue weighted by molar-refractivity contribution is -0.119. The van der Waals surface area contributed by atoms with Crippen molar-refractivity contribution in [2.45, 2.75) is 33.2 Å². The van der Waals surface area contributed by atoms with Gasteiger partial charge >= 0.3 is 6.09 Å². The number of amides is 2. The molecule has 2 fully saturated rings. The van der Waals surface area contributed by atoms with Gasteiger partial charge in [0.2, 0.25) is 0 Å². The fourth-order valence-corrected chi connectivity index (χ4v) is 4.28. The summed E-state index contributed by atoms with van der Waals surface area (Å²) in [6.45, 7) is 9.64. The van der Waals surface area contributed by atoms with Crippen LogP contribution in [0.3, 0.4) is 0 Å². The van der Waals surface area contributed by atoms with Crippen LogP contribution in [0, 0.1) is 12.8 Å². The van der Waals surface area contributed by atoms with Gasteiger partial charge in [0.05, 0.1) is 6.20 Å². The molecule has 10 heteroatoms. The molecule has 2 aliphatic rings. The first-order chi connectivity index (χ1) is 16.3. The number of pyridine rings is 2. The topological polar surface area (TPSA) is 90.9 Å². The summed E-state index contributed by atoms with van der Waals surface area (Å²) in [7, 11) is 0. The Labute approximate surface area is 205 Å². The molecule has 1 N–H and O–H groups in total. The Hall–Kier alpha value is -3.11. The smallest absolute Gasteiger partial charge is 0.409 e. The summed E-state index contributed by atoms with van der Waals surface area (Å²) >= 11 is 5.30. The fraction of sp³-hybridized carbons (Fsp3) is 0.458. The molecule has 2 aliphatic heterocycles. The minimum atomic E-state index is -0.399. The van der Waals surface area contributed by atoms with Gasteiger partial charge in [-0.05, 0) is 48.8 Å². The molecule has 2 aromatic heterocycles. The van der Waals surface area contributed by atoms with Crippen LogP contribution >= 0.6 is 12.2 Å². The zero-order chi connectivity index (χ0) is 24.2. The molecular weight excluding hydrogens is 452 g/mol. The van der Waals surface area contributed by atoms with E-state index in [0.29, 0.717) is 29.8 Å². The van der Waals surface area contributed by atoms with Crippen molar-refractivity contribution in [1.29, 1.82) is 0 Å². The van der Waals surface area contributed by atoms with Gasteiger partial charge in [-0.25, -0.2) is 14.7 Å². The normalized spacial score (nSPS) is 19.0. The van der Waals surface area contributed by atoms with Crippen molar-refractivity contribution in [2.24, 2.45) is 5.92 Å². The molecule has 0 spiro atoms. The SMILES string of the molecule is Cc1ccc(CCN2CCN(C(=O)Oc3ccc(N4C(=O)C(C(C)C)NC4=S)nc3)CC2)nc1. The second-order valence-electron chi connectivity index (χ2n) is 8.97. The molecule has 0 aromatic carbocycles. The summed E-state index contributed by atoms with van der Waals surface area (Å²) in [6, 6.07) is 7.04. The predicted molar refractivity (Wildman–Crippen MR) is 133 cm³/mol. The quantitative estimate of drug-likeness (QED) is 0.628. The number of hydrogen-bond acceptors (Lipinski definition) is 7. The lowest BCUT2D eigenvalue weighted by Crippen LogP contribution is -2.49. The van der Waals surface area contributed by atoms with Crippen LogP contribution in [0.15, 0.2) is 36.7 Å². The van der Waals surface area contributed by atoms with E-state index < -0.39 is 6.09 Å². The van der Waals surface area contributed by atoms with E-state index in [0.717, 1.165) is 37.3 Å². The third-order valence-corrected chi connectivity index (χ3v) is 6.38. The maximum Gasteiger partial charge on any atom is 0.415 e. The average molecular weight is 483 g/mol. The van der Waals surface area contributed by atoms with E-state index in [1.165, 1.54) is 11.1 Å². The first-order valence-corrected chi connectivity index (χ1v) is 11.9. The highest BCUT2D eigenvalue weighted by Gasteiger charge is 2.38. The van der Waals surface area contributed by atoms with Gasteiger partial charge in [-0.15, -0.1) is 0 Å². The molecule has 0 aliphatic carbocycles. The van der Waals surface area contributed by atoms with E-state index in [-0.39, 0.29) is 17.9 Å². The van der Waals surface area contributed by atoms with E-state index in [4.69, 9.17) is 17.0 Å². The first-order valence-electron chi connectivity index (χ1n) is 11.5. The monoisotopic (exact) mass is 482 g/mol. The fourth-order valence-electron chi connectivity index (χ4n) is 3.97. The standard InChI is InChI=1S/C24H30N6O3S/c1-16(2)21-22(31)30(23(34)27-21)20-7-6-19(15-26-20)33-24(32)29-12-10-28(11-13-29)9-8-18-5-4-17(3)14-25-18/h4-7,14-16,21H,8-13H2,1-3H3,(H,27,34). The van der Waals surface area contributed by atoms with Gasteiger partial charge in [0, 0.05) is 51.0 Å². The highest BCUT2D eigenvalue weighted by Crippen LogP contribution is 2.23. The number of rotatable bonds is 6. The van der Waals surface area contributed by atoms with Crippen molar-refractivity contribution < 1.29 is 14.3 Å². The van der Waals surface area contributed by atoms with Gasteiger partial charge in [0.15, 0.2) is 10.9 Å². The van der Waals surface area contributed by atoms with Crippen LogP contribution in [-0.4, -0.2) is 75.6 Å². The first kappa shape index (κ1) is 24.0. The second kappa shape index (κ2) is 10.4. The molecule has 0 saturated carbocycles. The Balaban J connectivity index is 1.25. The zero-order valence-electron chi connectivity index (χ0n) is 19.7. The number of aryl methyl sites for hydroxylation is 1. The van der Waals surface area contributed by atoms with Crippen LogP contribution in [0.5, 0.6) is 5.75 Å². The summed E-state index contributed by atoms with van der Waals surface area (Å²) < 4.78 is 5.50. The number of nitrogens with zero attached hydrogens (tertiary/aromatic N) is 5. The molecule has 180 valence electrons. The minimum Gasteiger partial charge on any atom is -0.409 e. The lowest BCUT2D eigenvalue weighted by atomic mass is 10.1. The number of aromatic nitrogens is 2. The third kappa shape index (κ3) is 5.51. The largest absolute Gasteiger partial charge is 0.415 e. The van der Waals surface area contributed by atoms with E-state index in [1.807, 2.05) is 27.0 Å². The maximum atomic E-state index is 12.6. The molecular formula is C24H30N6O3S. The van der Waals surface area contributed by atoms with Crippen molar-refractivity contribution >= 4 is 35.1 Å². The summed E-state index contributed by atoms with van der Waals surface area (Å²) in [5, 5.41) is 3.36. The number of carbonyl (C=O) groups is 2. The molecule has 9 nitrogen and oxygen atoms in total. The van der Waals surface area contributed by atoms with Crippen LogP contribution in [0.1, 0.15) is 25.1 Å². The molecule has 4 heterocycles. The van der Waals surface area contributed by atoms with E-state index in [9.17, 15) is 9.59 Å². The number of hydrogen-bond donors (Lipinski definition) is 1. The molecule has 0 radical (unpaired) electrons. The van der Waals surface area contributed by atoms with Gasteiger partial charge in [-0.1, -0.05) is 19.9 Å². The number of carbonyl (C=O) groups excluding carboxylic acids is 2. The Kier molecular flexibility index (Phi) is 7.38. The molecule has 34 heavy (non-hydrogen) atoms. The van der Waals surface area contributed by atoms with E-state index in [2.05, 4.69) is 32.3 Å². The Morgan fingerprint density at radius 1 is 1.15 bits per heavy atom. The average Bonchev–Trinajstić information content (AvgIpc) is 3.13. The van der Waals surface area contributed by atoms with Gasteiger partial charge in [0.1, 0.15) is 11.9 Å². The van der Waals surface area contributed by atoms with Crippen LogP contribution < -0.4 is 15.0 Å². The maximum absolute atomic E-state index is 12.6. The number of thiocarbonyl (C=S) groups is 1. The van der Waals surface area contributed by atoms with Gasteiger partial charge in [0.25, 0.3) is 5.91 Å². The van der Waals surface area contributed by atoms with Crippen molar-refractivity contribution in [3.05, 3.63) is 47.9 Å². The molecule has 4 rings (SSSR count). The number of ether oxygens (including phenoxy) is 1. The van der Waals surface area contributed by atoms with Gasteiger partial charge in [-0.2, -0.15) is 0 Å². The molecule has 0 bridgehead atoms. The molecule has 2 amide bonds. The minimum absolute atomic E-state index is 0.107. The lowest BCUT2D eigenvalue weighted by Gasteiger charge is -2.33. The molecule has 2 saturated heterocycles. The van der Waals surface area contributed by atoms with Crippen LogP contribution in [-0.2, 0) is 11.2 Å². The highest BCUT2D eigenvalue weighted by molar-refractivity contribution is 7.80. The predicted octanol–water partition coefficient (Wildman–Crippen LogP) is 2.39. The van der Waals surface area contributed by atoms with E-state index >= 15 is 0 Å². The molecule has 1 unspecified atom stereocenters. The number of nitrogens with one attached hydrogen (secondary N) is 1. The van der Waals surface area contributed by atoms with Crippen LogP contribution in [0.25, 0.3) is 0 Å². The second-order valence-corrected chi connectivity index (χ2v) is 9.36. The summed E-state index contributed by atoms with van der Waals surface area (Å²) in [6.07, 6.45) is 3.82. The summed E-state index contributed by atoms with van der Waals surface area (Å²) in [5.41, 5.74) is 2.24.